The van der Waals surface area contributed by atoms with Gasteiger partial charge in [0.05, 0.1) is 25.9 Å². The number of nitrogens with zero attached hydrogens (tertiary/aromatic N) is 1. The number of nitrogens with one attached hydrogen (secondary N) is 3. The standard InChI is InChI=1S/C27H35ClN4O6/c1-36-30-11-12-37-21-8-5-17(6-9-21)13-19-14-18(7-10-22(19)28)24-15-23(33)26(32-35)25(38-24)16-29-27(34)31-20-3-2-4-20/h5-10,14,20,23-26,30,33H,2-4,11-13,15-16H2,1H3,(H2,29,31,34)/t23?,24?,25?,26-/m0/s1. The van der Waals surface area contributed by atoms with Crippen LogP contribution in [0.2, 0.25) is 5.02 Å². The van der Waals surface area contributed by atoms with Crippen LogP contribution in [0.1, 0.15) is 48.5 Å². The van der Waals surface area contributed by atoms with Gasteiger partial charge >= 0.3 is 6.03 Å². The van der Waals surface area contributed by atoms with Gasteiger partial charge in [-0.3, -0.25) is 0 Å². The summed E-state index contributed by atoms with van der Waals surface area (Å²) in [5.41, 5.74) is 5.53. The molecule has 206 valence electrons. The number of amides is 2. The number of hydrogen-bond donors (Lipinski definition) is 4. The number of hydrogen-bond acceptors (Lipinski definition) is 8. The molecule has 2 aliphatic rings. The van der Waals surface area contributed by atoms with Crippen LogP contribution >= 0.6 is 11.6 Å². The third-order valence-corrected chi connectivity index (χ3v) is 7.34. The summed E-state index contributed by atoms with van der Waals surface area (Å²) in [6.45, 7) is 1.13. The molecule has 1 saturated carbocycles. The lowest BCUT2D eigenvalue weighted by atomic mass is 9.91. The number of aliphatic hydroxyl groups excluding tert-OH is 1. The number of rotatable bonds is 12. The fourth-order valence-electron chi connectivity index (χ4n) is 4.62. The quantitative estimate of drug-likeness (QED) is 0.182. The highest BCUT2D eigenvalue weighted by Gasteiger charge is 2.40. The average molecular weight is 547 g/mol. The minimum atomic E-state index is -0.987. The first-order chi connectivity index (χ1) is 18.5. The lowest BCUT2D eigenvalue weighted by molar-refractivity contribution is -0.108. The Kier molecular flexibility index (Phi) is 10.3. The molecule has 11 heteroatoms. The van der Waals surface area contributed by atoms with E-state index in [1.165, 1.54) is 0 Å². The van der Waals surface area contributed by atoms with Crippen molar-refractivity contribution < 1.29 is 24.2 Å². The normalized spacial score (nSPS) is 23.3. The molecule has 4 atom stereocenters. The maximum atomic E-state index is 12.2. The molecule has 2 amide bonds. The Labute approximate surface area is 227 Å². The Balaban J connectivity index is 1.38. The van der Waals surface area contributed by atoms with Crippen LogP contribution in [0.4, 0.5) is 4.79 Å². The van der Waals surface area contributed by atoms with Crippen LogP contribution in [0.5, 0.6) is 5.75 Å². The first-order valence-corrected chi connectivity index (χ1v) is 13.3. The van der Waals surface area contributed by atoms with Crippen molar-refractivity contribution in [1.29, 1.82) is 0 Å². The predicted octanol–water partition coefficient (Wildman–Crippen LogP) is 3.64. The molecule has 38 heavy (non-hydrogen) atoms. The van der Waals surface area contributed by atoms with Crippen molar-refractivity contribution in [2.45, 2.75) is 62.5 Å². The topological polar surface area (TPSA) is 131 Å². The summed E-state index contributed by atoms with van der Waals surface area (Å²) in [7, 11) is 1.56. The van der Waals surface area contributed by atoms with E-state index < -0.39 is 24.4 Å². The van der Waals surface area contributed by atoms with Gasteiger partial charge in [-0.25, -0.2) is 4.79 Å². The van der Waals surface area contributed by atoms with E-state index in [9.17, 15) is 14.8 Å². The summed E-state index contributed by atoms with van der Waals surface area (Å²) in [5.74, 6) is 0.760. The van der Waals surface area contributed by atoms with Gasteiger partial charge in [-0.05, 0) is 60.6 Å². The Morgan fingerprint density at radius 2 is 2.00 bits per heavy atom. The molecule has 0 aromatic heterocycles. The lowest BCUT2D eigenvalue weighted by Gasteiger charge is -2.37. The molecule has 1 heterocycles. The molecule has 1 saturated heterocycles. The zero-order chi connectivity index (χ0) is 26.9. The molecule has 1 aliphatic carbocycles. The molecule has 0 spiro atoms. The number of carbonyl (C=O) groups is 1. The van der Waals surface area contributed by atoms with Crippen molar-refractivity contribution in [1.82, 2.24) is 16.1 Å². The zero-order valence-corrected chi connectivity index (χ0v) is 22.2. The predicted molar refractivity (Wildman–Crippen MR) is 143 cm³/mol. The molecule has 10 nitrogen and oxygen atoms in total. The van der Waals surface area contributed by atoms with Crippen molar-refractivity contribution in [3.63, 3.8) is 0 Å². The minimum absolute atomic E-state index is 0.0684. The van der Waals surface area contributed by atoms with Crippen LogP contribution in [0.3, 0.4) is 0 Å². The zero-order valence-electron chi connectivity index (χ0n) is 21.4. The van der Waals surface area contributed by atoms with Gasteiger partial charge in [0.2, 0.25) is 0 Å². The van der Waals surface area contributed by atoms with Crippen LogP contribution in [-0.2, 0) is 16.0 Å². The van der Waals surface area contributed by atoms with Crippen molar-refractivity contribution in [3.8, 4) is 5.75 Å². The minimum Gasteiger partial charge on any atom is -0.492 e. The first-order valence-electron chi connectivity index (χ1n) is 12.9. The fourth-order valence-corrected chi connectivity index (χ4v) is 4.81. The molecule has 2 fully saturated rings. The molecular weight excluding hydrogens is 512 g/mol. The average Bonchev–Trinajstić information content (AvgIpc) is 2.89. The summed E-state index contributed by atoms with van der Waals surface area (Å²) in [5, 5.41) is 20.0. The van der Waals surface area contributed by atoms with Crippen molar-refractivity contribution in [2.75, 3.05) is 26.8 Å². The van der Waals surface area contributed by atoms with Gasteiger partial charge in [-0.2, -0.15) is 10.4 Å². The smallest absolute Gasteiger partial charge is 0.315 e. The van der Waals surface area contributed by atoms with E-state index in [2.05, 4.69) is 21.3 Å². The molecule has 2 aromatic carbocycles. The highest BCUT2D eigenvalue weighted by atomic mass is 35.5. The first kappa shape index (κ1) is 28.3. The van der Waals surface area contributed by atoms with Gasteiger partial charge in [0.15, 0.2) is 0 Å². The van der Waals surface area contributed by atoms with Gasteiger partial charge in [-0.15, -0.1) is 0 Å². The summed E-state index contributed by atoms with van der Waals surface area (Å²) >= 11 is 6.52. The fraction of sp³-hybridized carbons (Fsp3) is 0.519. The van der Waals surface area contributed by atoms with Crippen LogP contribution < -0.4 is 20.9 Å². The van der Waals surface area contributed by atoms with E-state index >= 15 is 0 Å². The number of urea groups is 1. The molecular formula is C27H35ClN4O6. The second kappa shape index (κ2) is 13.9. The van der Waals surface area contributed by atoms with E-state index in [1.807, 2.05) is 42.5 Å². The summed E-state index contributed by atoms with van der Waals surface area (Å²) in [6.07, 6.45) is 1.64. The Hall–Kier alpha value is -2.76. The number of ether oxygens (including phenoxy) is 2. The van der Waals surface area contributed by atoms with E-state index in [4.69, 9.17) is 25.9 Å². The monoisotopic (exact) mass is 546 g/mol. The van der Waals surface area contributed by atoms with Crippen LogP contribution in [-0.4, -0.2) is 62.2 Å². The van der Waals surface area contributed by atoms with Gasteiger partial charge in [-0.1, -0.05) is 41.0 Å². The molecule has 1 aliphatic heterocycles. The number of carbonyl (C=O) groups excluding carboxylic acids is 1. The lowest BCUT2D eigenvalue weighted by Crippen LogP contribution is -2.52. The third kappa shape index (κ3) is 7.64. The summed E-state index contributed by atoms with van der Waals surface area (Å²) in [6, 6.07) is 12.3. The largest absolute Gasteiger partial charge is 0.492 e. The van der Waals surface area contributed by atoms with Crippen molar-refractivity contribution in [3.05, 3.63) is 69.1 Å². The van der Waals surface area contributed by atoms with Gasteiger partial charge in [0.1, 0.15) is 24.5 Å². The SMILES string of the molecule is CONCCOc1ccc(Cc2cc(C3CC(O)[C@H](N=O)C(CNC(=O)NC4CCC4)O3)ccc2Cl)cc1. The molecule has 4 rings (SSSR count). The van der Waals surface area contributed by atoms with E-state index in [-0.39, 0.29) is 25.0 Å². The Bertz CT molecular complexity index is 1070. The number of hydroxylamine groups is 1. The van der Waals surface area contributed by atoms with Crippen molar-refractivity contribution in [2.24, 2.45) is 5.18 Å². The number of halogens is 1. The third-order valence-electron chi connectivity index (χ3n) is 6.97. The molecule has 0 radical (unpaired) electrons. The van der Waals surface area contributed by atoms with Gasteiger partial charge in [0, 0.05) is 24.0 Å². The Morgan fingerprint density at radius 1 is 1.21 bits per heavy atom. The highest BCUT2D eigenvalue weighted by Crippen LogP contribution is 2.35. The number of nitroso groups, excluding NO2 is 1. The summed E-state index contributed by atoms with van der Waals surface area (Å²) in [4.78, 5) is 28.4. The number of aliphatic hydroxyl groups is 1. The van der Waals surface area contributed by atoms with E-state index in [0.717, 1.165) is 41.7 Å². The van der Waals surface area contributed by atoms with Crippen LogP contribution in [0, 0.1) is 4.91 Å². The second-order valence-electron chi connectivity index (χ2n) is 9.66. The van der Waals surface area contributed by atoms with Gasteiger partial charge in [0.25, 0.3) is 0 Å². The molecule has 4 N–H and O–H groups in total. The van der Waals surface area contributed by atoms with E-state index in [0.29, 0.717) is 24.6 Å². The maximum Gasteiger partial charge on any atom is 0.315 e. The molecule has 2 aromatic rings. The number of benzene rings is 2. The van der Waals surface area contributed by atoms with E-state index in [1.54, 1.807) is 7.11 Å². The highest BCUT2D eigenvalue weighted by molar-refractivity contribution is 6.31. The maximum absolute atomic E-state index is 12.2. The molecule has 3 unspecified atom stereocenters. The van der Waals surface area contributed by atoms with Crippen LogP contribution in [0.25, 0.3) is 0 Å². The second-order valence-corrected chi connectivity index (χ2v) is 10.1. The van der Waals surface area contributed by atoms with Gasteiger partial charge < -0.3 is 30.1 Å². The Morgan fingerprint density at radius 3 is 2.68 bits per heavy atom. The summed E-state index contributed by atoms with van der Waals surface area (Å²) < 4.78 is 11.9. The van der Waals surface area contributed by atoms with Crippen molar-refractivity contribution >= 4 is 17.6 Å². The molecule has 0 bridgehead atoms. The van der Waals surface area contributed by atoms with Crippen LogP contribution in [0.15, 0.2) is 47.6 Å².